The van der Waals surface area contributed by atoms with Gasteiger partial charge < -0.3 is 30.1 Å². The monoisotopic (exact) mass is 628 g/mol. The standard InChI is InChI=1S/C35H40N4O7/c1-6-22-19-35(22,32(42)43)38-30(40)28-17-23(20-39(28)31(41)25(7-2)37-33(44)46-34(3,4)5)45-29-18-27(21-13-9-8-10-14-21)36-26-16-12-11-15-24(26)29/h6,8-16,18,22-23,25,28H,1,7,17,19-20H2,2-5H3,(H,37,44)(H,38,40)(H,42,43)/t22?,23-,25+,28+,35+/m1/s1. The quantitative estimate of drug-likeness (QED) is 0.274. The molecule has 242 valence electrons. The van der Waals surface area contributed by atoms with E-state index in [1.807, 2.05) is 60.7 Å². The number of hydrogen-bond donors (Lipinski definition) is 3. The van der Waals surface area contributed by atoms with E-state index in [2.05, 4.69) is 17.2 Å². The van der Waals surface area contributed by atoms with E-state index in [1.165, 1.54) is 11.0 Å². The Kier molecular flexibility index (Phi) is 9.05. The molecule has 3 amide bonds. The Bertz CT molecular complexity index is 1650. The van der Waals surface area contributed by atoms with Crippen molar-refractivity contribution in [2.24, 2.45) is 5.92 Å². The van der Waals surface area contributed by atoms with Gasteiger partial charge in [0.1, 0.15) is 35.1 Å². The molecule has 2 aliphatic rings. The molecule has 11 nitrogen and oxygen atoms in total. The molecule has 3 aromatic rings. The van der Waals surface area contributed by atoms with Crippen molar-refractivity contribution in [3.05, 3.63) is 73.3 Å². The molecule has 0 radical (unpaired) electrons. The van der Waals surface area contributed by atoms with Crippen LogP contribution in [0.15, 0.2) is 73.3 Å². The van der Waals surface area contributed by atoms with Crippen molar-refractivity contribution in [3.8, 4) is 17.0 Å². The molecule has 2 aromatic carbocycles. The van der Waals surface area contributed by atoms with E-state index in [9.17, 15) is 24.3 Å². The lowest BCUT2D eigenvalue weighted by molar-refractivity contribution is -0.145. The lowest BCUT2D eigenvalue weighted by atomic mass is 10.1. The number of pyridine rings is 1. The minimum atomic E-state index is -1.47. The topological polar surface area (TPSA) is 147 Å². The minimum Gasteiger partial charge on any atom is -0.488 e. The van der Waals surface area contributed by atoms with E-state index in [4.69, 9.17) is 14.5 Å². The molecule has 46 heavy (non-hydrogen) atoms. The first-order valence-electron chi connectivity index (χ1n) is 15.4. The number of amides is 3. The highest BCUT2D eigenvalue weighted by Gasteiger charge is 2.61. The summed E-state index contributed by atoms with van der Waals surface area (Å²) in [5, 5.41) is 16.0. The minimum absolute atomic E-state index is 0.0334. The maximum Gasteiger partial charge on any atom is 0.408 e. The summed E-state index contributed by atoms with van der Waals surface area (Å²) >= 11 is 0. The first-order valence-corrected chi connectivity index (χ1v) is 15.4. The summed E-state index contributed by atoms with van der Waals surface area (Å²) in [7, 11) is 0. The second kappa shape index (κ2) is 12.8. The smallest absolute Gasteiger partial charge is 0.408 e. The van der Waals surface area contributed by atoms with Crippen LogP contribution in [0.5, 0.6) is 5.75 Å². The number of carbonyl (C=O) groups is 4. The van der Waals surface area contributed by atoms with Crippen molar-refractivity contribution in [1.29, 1.82) is 0 Å². The van der Waals surface area contributed by atoms with Crippen molar-refractivity contribution in [3.63, 3.8) is 0 Å². The Morgan fingerprint density at radius 3 is 2.46 bits per heavy atom. The van der Waals surface area contributed by atoms with Gasteiger partial charge in [-0.1, -0.05) is 55.5 Å². The molecule has 0 spiro atoms. The second-order valence-corrected chi connectivity index (χ2v) is 12.8. The lowest BCUT2D eigenvalue weighted by Crippen LogP contribution is -2.56. The van der Waals surface area contributed by atoms with Gasteiger partial charge in [-0.3, -0.25) is 9.59 Å². The number of carbonyl (C=O) groups excluding carboxylic acids is 3. The van der Waals surface area contributed by atoms with E-state index >= 15 is 0 Å². The number of carboxylic acid groups (broad SMARTS) is 1. The van der Waals surface area contributed by atoms with Crippen molar-refractivity contribution >= 4 is 34.8 Å². The summed E-state index contributed by atoms with van der Waals surface area (Å²) in [4.78, 5) is 58.6. The Hall–Kier alpha value is -4.93. The Morgan fingerprint density at radius 2 is 1.83 bits per heavy atom. The maximum atomic E-state index is 14.0. The fraction of sp³-hybridized carbons (Fsp3) is 0.400. The van der Waals surface area contributed by atoms with Crippen LogP contribution in [0.2, 0.25) is 0 Å². The van der Waals surface area contributed by atoms with Gasteiger partial charge in [0.2, 0.25) is 11.8 Å². The highest BCUT2D eigenvalue weighted by atomic mass is 16.6. The summed E-state index contributed by atoms with van der Waals surface area (Å²) in [6.07, 6.45) is 0.682. The molecule has 3 N–H and O–H groups in total. The molecule has 1 aromatic heterocycles. The third-order valence-electron chi connectivity index (χ3n) is 8.31. The van der Waals surface area contributed by atoms with E-state index in [1.54, 1.807) is 27.7 Å². The van der Waals surface area contributed by atoms with Crippen LogP contribution in [-0.4, -0.2) is 74.7 Å². The number of ether oxygens (including phenoxy) is 2. The number of rotatable bonds is 10. The number of likely N-dealkylation sites (tertiary alicyclic amines) is 1. The fourth-order valence-corrected chi connectivity index (χ4v) is 5.86. The number of hydrogen-bond acceptors (Lipinski definition) is 7. The van der Waals surface area contributed by atoms with Crippen LogP contribution in [0.1, 0.15) is 47.0 Å². The number of para-hydroxylation sites is 1. The highest BCUT2D eigenvalue weighted by molar-refractivity contribution is 5.96. The Morgan fingerprint density at radius 1 is 1.13 bits per heavy atom. The normalized spacial score (nSPS) is 22.9. The number of fused-ring (bicyclic) bond motifs is 1. The zero-order valence-electron chi connectivity index (χ0n) is 26.5. The van der Waals surface area contributed by atoms with E-state index in [0.717, 1.165) is 16.5 Å². The second-order valence-electron chi connectivity index (χ2n) is 12.8. The van der Waals surface area contributed by atoms with Crippen LogP contribution < -0.4 is 15.4 Å². The number of aliphatic carboxylic acids is 1. The molecule has 11 heteroatoms. The maximum absolute atomic E-state index is 14.0. The predicted molar refractivity (Wildman–Crippen MR) is 172 cm³/mol. The number of nitrogens with zero attached hydrogens (tertiary/aromatic N) is 2. The molecule has 2 heterocycles. The molecule has 5 rings (SSSR count). The van der Waals surface area contributed by atoms with Crippen molar-refractivity contribution in [1.82, 2.24) is 20.5 Å². The first-order chi connectivity index (χ1) is 21.8. The number of nitrogens with one attached hydrogen (secondary N) is 2. The summed E-state index contributed by atoms with van der Waals surface area (Å²) in [5.41, 5.74) is 0.0765. The van der Waals surface area contributed by atoms with Gasteiger partial charge in [0.15, 0.2) is 0 Å². The lowest BCUT2D eigenvalue weighted by Gasteiger charge is -2.29. The third kappa shape index (κ3) is 6.83. The van der Waals surface area contributed by atoms with Crippen LogP contribution >= 0.6 is 0 Å². The van der Waals surface area contributed by atoms with Gasteiger partial charge in [-0.25, -0.2) is 14.6 Å². The van der Waals surface area contributed by atoms with Crippen LogP contribution in [0, 0.1) is 5.92 Å². The summed E-state index contributed by atoms with van der Waals surface area (Å²) < 4.78 is 11.9. The Balaban J connectivity index is 1.44. The number of benzene rings is 2. The molecule has 5 atom stereocenters. The van der Waals surface area contributed by atoms with Crippen LogP contribution in [0.3, 0.4) is 0 Å². The van der Waals surface area contributed by atoms with Gasteiger partial charge in [-0.2, -0.15) is 0 Å². The molecule has 2 fully saturated rings. The molecular weight excluding hydrogens is 588 g/mol. The molecule has 0 bridgehead atoms. The molecule has 1 saturated heterocycles. The van der Waals surface area contributed by atoms with Gasteiger partial charge in [-0.15, -0.1) is 6.58 Å². The van der Waals surface area contributed by atoms with Crippen LogP contribution in [0.4, 0.5) is 4.79 Å². The Labute approximate surface area is 268 Å². The van der Waals surface area contributed by atoms with Crippen LogP contribution in [-0.2, 0) is 19.1 Å². The van der Waals surface area contributed by atoms with E-state index in [-0.39, 0.29) is 25.8 Å². The highest BCUT2D eigenvalue weighted by Crippen LogP contribution is 2.45. The molecule has 1 aliphatic carbocycles. The van der Waals surface area contributed by atoms with E-state index in [0.29, 0.717) is 11.4 Å². The largest absolute Gasteiger partial charge is 0.488 e. The van der Waals surface area contributed by atoms with Crippen molar-refractivity contribution in [2.45, 2.75) is 76.3 Å². The van der Waals surface area contributed by atoms with Gasteiger partial charge in [-0.05, 0) is 45.7 Å². The molecular formula is C35H40N4O7. The summed E-state index contributed by atoms with van der Waals surface area (Å²) in [6.45, 7) is 10.6. The summed E-state index contributed by atoms with van der Waals surface area (Å²) in [5.74, 6) is -2.15. The molecule has 1 unspecified atom stereocenters. The summed E-state index contributed by atoms with van der Waals surface area (Å²) in [6, 6.07) is 17.0. The molecule has 1 saturated carbocycles. The van der Waals surface area contributed by atoms with Crippen molar-refractivity contribution in [2.75, 3.05) is 6.54 Å². The van der Waals surface area contributed by atoms with Gasteiger partial charge in [0.05, 0.1) is 17.8 Å². The average molecular weight is 629 g/mol. The van der Waals surface area contributed by atoms with Gasteiger partial charge in [0, 0.05) is 29.4 Å². The zero-order chi connectivity index (χ0) is 33.2. The third-order valence-corrected chi connectivity index (χ3v) is 8.31. The number of aromatic nitrogens is 1. The fourth-order valence-electron chi connectivity index (χ4n) is 5.86. The predicted octanol–water partition coefficient (Wildman–Crippen LogP) is 4.70. The average Bonchev–Trinajstić information content (AvgIpc) is 3.58. The zero-order valence-corrected chi connectivity index (χ0v) is 26.5. The van der Waals surface area contributed by atoms with Crippen molar-refractivity contribution < 1.29 is 33.8 Å². The van der Waals surface area contributed by atoms with E-state index < -0.39 is 59.1 Å². The SMILES string of the molecule is C=CC1C[C@@]1(NC(=O)[C@@H]1C[C@@H](Oc2cc(-c3ccccc3)nc3ccccc23)CN1C(=O)[C@H](CC)NC(=O)OC(C)(C)C)C(=O)O. The van der Waals surface area contributed by atoms with Crippen LogP contribution in [0.25, 0.3) is 22.2 Å². The van der Waals surface area contributed by atoms with Gasteiger partial charge >= 0.3 is 12.1 Å². The molecule has 1 aliphatic heterocycles. The number of carboxylic acids is 1. The number of alkyl carbamates (subject to hydrolysis) is 1. The van der Waals surface area contributed by atoms with Gasteiger partial charge in [0.25, 0.3) is 0 Å². The first kappa shape index (κ1) is 32.5.